The Balaban J connectivity index is 1.64. The lowest BCUT2D eigenvalue weighted by Gasteiger charge is -2.14. The Labute approximate surface area is 260 Å². The normalized spacial score (nSPS) is 12.7. The van der Waals surface area contributed by atoms with Gasteiger partial charge in [0.1, 0.15) is 12.4 Å². The molecule has 1 aromatic heterocycles. The number of halogens is 6. The third kappa shape index (κ3) is 7.83. The number of fused-ring (bicyclic) bond motifs is 1. The lowest BCUT2D eigenvalue weighted by Crippen LogP contribution is -2.35. The number of imidazole rings is 1. The second kappa shape index (κ2) is 12.9. The molecule has 0 aliphatic rings. The van der Waals surface area contributed by atoms with Crippen molar-refractivity contribution < 1.29 is 27.5 Å². The van der Waals surface area contributed by atoms with Crippen LogP contribution in [0.5, 0.6) is 5.75 Å². The molecule has 4 aromatic rings. The molecule has 1 heterocycles. The van der Waals surface area contributed by atoms with Crippen LogP contribution >= 0.6 is 50.1 Å². The van der Waals surface area contributed by atoms with Crippen LogP contribution in [0.15, 0.2) is 59.1 Å². The first-order valence-corrected chi connectivity index (χ1v) is 14.3. The first-order chi connectivity index (χ1) is 19.3. The molecular weight excluding hydrogens is 742 g/mol. The van der Waals surface area contributed by atoms with Crippen molar-refractivity contribution in [3.05, 3.63) is 75.2 Å². The molecule has 0 saturated carbocycles. The van der Waals surface area contributed by atoms with Crippen LogP contribution < -0.4 is 20.7 Å². The van der Waals surface area contributed by atoms with Gasteiger partial charge in [-0.05, 0) is 77.5 Å². The lowest BCUT2D eigenvalue weighted by atomic mass is 10.1. The molecule has 0 aliphatic carbocycles. The van der Waals surface area contributed by atoms with Gasteiger partial charge in [0.15, 0.2) is 0 Å². The summed E-state index contributed by atoms with van der Waals surface area (Å²) in [6.45, 7) is 0.325. The quantitative estimate of drug-likeness (QED) is 0.116. The van der Waals surface area contributed by atoms with Crippen LogP contribution in [0.3, 0.4) is 0 Å². The maximum atomic E-state index is 13.8. The van der Waals surface area contributed by atoms with Crippen molar-refractivity contribution in [2.45, 2.75) is 23.6 Å². The molecule has 1 unspecified atom stereocenters. The fraction of sp³-hybridized carbons (Fsp3) is 0.222. The molecule has 0 radical (unpaired) electrons. The van der Waals surface area contributed by atoms with Crippen LogP contribution in [-0.2, 0) is 18.4 Å². The first-order valence-electron chi connectivity index (χ1n) is 12.0. The van der Waals surface area contributed by atoms with E-state index >= 15 is 0 Å². The number of hydrogen-bond donors (Lipinski definition) is 3. The average molecular weight is 765 g/mol. The molecule has 4 rings (SSSR count). The zero-order chi connectivity index (χ0) is 29.9. The summed E-state index contributed by atoms with van der Waals surface area (Å²) in [5.74, 6) is -1.03. The highest BCUT2D eigenvalue weighted by atomic mass is 127. The third-order valence-corrected chi connectivity index (χ3v) is 7.17. The molecule has 216 valence electrons. The molecular formula is C27H23BrClF3IN5O3. The van der Waals surface area contributed by atoms with E-state index in [-0.39, 0.29) is 17.9 Å². The minimum Gasteiger partial charge on any atom is -0.487 e. The van der Waals surface area contributed by atoms with Gasteiger partial charge in [-0.3, -0.25) is 9.59 Å². The second-order valence-electron chi connectivity index (χ2n) is 9.00. The molecule has 3 N–H and O–H groups in total. The highest BCUT2D eigenvalue weighted by molar-refractivity contribution is 14.1. The Kier molecular flexibility index (Phi) is 9.70. The summed E-state index contributed by atoms with van der Waals surface area (Å²) in [6, 6.07) is 14.8. The minimum absolute atomic E-state index is 0.0246. The van der Waals surface area contributed by atoms with Gasteiger partial charge in [-0.15, -0.1) is 0 Å². The largest absolute Gasteiger partial charge is 0.487 e. The first kappa shape index (κ1) is 30.9. The van der Waals surface area contributed by atoms with Crippen molar-refractivity contribution in [1.82, 2.24) is 14.9 Å². The number of aryl methyl sites for hydroxylation is 1. The highest BCUT2D eigenvalue weighted by Crippen LogP contribution is 2.32. The van der Waals surface area contributed by atoms with Crippen molar-refractivity contribution in [1.29, 1.82) is 0 Å². The smallest absolute Gasteiger partial charge is 0.272 e. The number of carbonyl (C=O) groups is 2. The van der Waals surface area contributed by atoms with Crippen molar-refractivity contribution >= 4 is 90.3 Å². The standard InChI is InChI=1S/C27H23BrClF3IN5O3/c1-27(32,33)25(40)34-12-14-3-8-18(29)19(9-14)36-26-37-20-10-17(24(39)35-16-6-4-15(28)5-7-16)22(41-13-23(30)31)11-21(20)38(26)2/h3-11,23H,12-13H2,1-2H3,(H,34,40)(H,35,39)(H,36,37). The molecule has 14 heteroatoms. The molecule has 0 fully saturated rings. The Morgan fingerprint density at radius 2 is 1.88 bits per heavy atom. The number of alkyl halides is 4. The predicted molar refractivity (Wildman–Crippen MR) is 164 cm³/mol. The number of amides is 2. The number of ether oxygens (including phenoxy) is 1. The number of nitrogens with zero attached hydrogens (tertiary/aromatic N) is 2. The number of nitrogens with one attached hydrogen (secondary N) is 3. The van der Waals surface area contributed by atoms with E-state index in [1.165, 1.54) is 34.7 Å². The Morgan fingerprint density at radius 3 is 2.54 bits per heavy atom. The van der Waals surface area contributed by atoms with E-state index < -0.39 is 28.5 Å². The Hall–Kier alpha value is -3.04. The van der Waals surface area contributed by atoms with Crippen LogP contribution in [0.4, 0.5) is 30.5 Å². The molecule has 41 heavy (non-hydrogen) atoms. The maximum Gasteiger partial charge on any atom is 0.272 e. The van der Waals surface area contributed by atoms with Gasteiger partial charge in [0.2, 0.25) is 9.62 Å². The van der Waals surface area contributed by atoms with Gasteiger partial charge in [-0.2, -0.15) is 0 Å². The number of rotatable bonds is 10. The molecule has 0 saturated heterocycles. The fourth-order valence-electron chi connectivity index (χ4n) is 3.75. The summed E-state index contributed by atoms with van der Waals surface area (Å²) in [5.41, 5.74) is 2.53. The molecule has 3 aromatic carbocycles. The van der Waals surface area contributed by atoms with E-state index in [2.05, 4.69) is 36.9 Å². The van der Waals surface area contributed by atoms with Gasteiger partial charge in [-0.25, -0.2) is 18.2 Å². The summed E-state index contributed by atoms with van der Waals surface area (Å²) in [7, 11) is 1.69. The zero-order valence-electron chi connectivity index (χ0n) is 21.6. The summed E-state index contributed by atoms with van der Waals surface area (Å²) in [6.07, 6.45) is -2.74. The maximum absolute atomic E-state index is 13.8. The predicted octanol–water partition coefficient (Wildman–Crippen LogP) is 7.37. The summed E-state index contributed by atoms with van der Waals surface area (Å²) in [4.78, 5) is 29.6. The van der Waals surface area contributed by atoms with Gasteiger partial charge < -0.3 is 25.3 Å². The van der Waals surface area contributed by atoms with Gasteiger partial charge >= 0.3 is 0 Å². The van der Waals surface area contributed by atoms with Crippen LogP contribution in [0.25, 0.3) is 11.0 Å². The monoisotopic (exact) mass is 763 g/mol. The topological polar surface area (TPSA) is 97.3 Å². The molecule has 0 aliphatic heterocycles. The van der Waals surface area contributed by atoms with E-state index in [9.17, 15) is 22.8 Å². The van der Waals surface area contributed by atoms with E-state index in [0.29, 0.717) is 38.9 Å². The van der Waals surface area contributed by atoms with Crippen molar-refractivity contribution in [3.63, 3.8) is 0 Å². The van der Waals surface area contributed by atoms with Crippen LogP contribution in [0, 0.1) is 0 Å². The third-order valence-electron chi connectivity index (χ3n) is 5.82. The van der Waals surface area contributed by atoms with Gasteiger partial charge in [0.25, 0.3) is 18.2 Å². The minimum atomic E-state index is -2.74. The summed E-state index contributed by atoms with van der Waals surface area (Å²) >= 11 is 11.1. The molecule has 0 bridgehead atoms. The second-order valence-corrected chi connectivity index (χ2v) is 12.4. The average Bonchev–Trinajstić information content (AvgIpc) is 3.21. The molecule has 0 spiro atoms. The molecule has 2 amide bonds. The van der Waals surface area contributed by atoms with Gasteiger partial charge in [0.05, 0.1) is 27.3 Å². The number of carbonyl (C=O) groups excluding carboxylic acids is 2. The van der Waals surface area contributed by atoms with Crippen molar-refractivity contribution in [3.8, 4) is 5.75 Å². The summed E-state index contributed by atoms with van der Waals surface area (Å²) in [5, 5.41) is 8.73. The Bertz CT molecular complexity index is 1600. The van der Waals surface area contributed by atoms with Crippen molar-refractivity contribution in [2.75, 3.05) is 17.2 Å². The highest BCUT2D eigenvalue weighted by Gasteiger charge is 2.28. The summed E-state index contributed by atoms with van der Waals surface area (Å²) < 4.78 is 45.6. The Morgan fingerprint density at radius 1 is 1.17 bits per heavy atom. The SMILES string of the molecule is Cn1c(Nc2cc(CNC(=O)C(C)(F)I)ccc2Cl)nc2cc(C(=O)Nc3ccc(Br)cc3)c(OCC(F)F)cc21. The fourth-order valence-corrected chi connectivity index (χ4v) is 4.37. The van der Waals surface area contributed by atoms with Crippen LogP contribution in [-0.4, -0.2) is 38.1 Å². The lowest BCUT2D eigenvalue weighted by molar-refractivity contribution is -0.126. The van der Waals surface area contributed by atoms with Crippen LogP contribution in [0.2, 0.25) is 5.02 Å². The zero-order valence-corrected chi connectivity index (χ0v) is 26.1. The van der Waals surface area contributed by atoms with E-state index in [4.69, 9.17) is 16.3 Å². The van der Waals surface area contributed by atoms with Crippen molar-refractivity contribution in [2.24, 2.45) is 7.05 Å². The molecule has 8 nitrogen and oxygen atoms in total. The number of aromatic nitrogens is 2. The number of hydrogen-bond acceptors (Lipinski definition) is 5. The molecule has 1 atom stereocenters. The van der Waals surface area contributed by atoms with Gasteiger partial charge in [0, 0.05) is 29.8 Å². The van der Waals surface area contributed by atoms with E-state index in [1.54, 1.807) is 54.1 Å². The van der Waals surface area contributed by atoms with Gasteiger partial charge in [-0.1, -0.05) is 33.6 Å². The van der Waals surface area contributed by atoms with E-state index in [0.717, 1.165) is 11.4 Å². The number of anilines is 3. The number of benzene rings is 3. The van der Waals surface area contributed by atoms with E-state index in [1.807, 2.05) is 0 Å². The van der Waals surface area contributed by atoms with Crippen LogP contribution in [0.1, 0.15) is 22.8 Å².